The molecule has 1 atom stereocenters. The van der Waals surface area contributed by atoms with Crippen molar-refractivity contribution in [2.75, 3.05) is 5.32 Å². The van der Waals surface area contributed by atoms with Crippen LogP contribution in [0.3, 0.4) is 0 Å². The number of phenols is 1. The minimum Gasteiger partial charge on any atom is -0.506 e. The van der Waals surface area contributed by atoms with Crippen molar-refractivity contribution in [1.29, 1.82) is 0 Å². The van der Waals surface area contributed by atoms with Crippen LogP contribution in [-0.4, -0.2) is 28.0 Å². The number of halogens is 3. The Morgan fingerprint density at radius 3 is 2.47 bits per heavy atom. The molecule has 11 heteroatoms. The van der Waals surface area contributed by atoms with Crippen molar-refractivity contribution in [3.05, 3.63) is 75.8 Å². The van der Waals surface area contributed by atoms with E-state index in [1.54, 1.807) is 30.3 Å². The molecule has 3 rings (SSSR count). The number of esters is 1. The number of anilines is 1. The van der Waals surface area contributed by atoms with Crippen molar-refractivity contribution in [3.8, 4) is 5.75 Å². The van der Waals surface area contributed by atoms with Crippen LogP contribution in [0.2, 0.25) is 0 Å². The Kier molecular flexibility index (Phi) is 6.01. The number of hydrogen-bond acceptors (Lipinski definition) is 6. The maximum atomic E-state index is 13.3. The number of non-ortho nitro benzene ring substituents is 1. The highest BCUT2D eigenvalue weighted by Crippen LogP contribution is 2.37. The molecule has 8 nitrogen and oxygen atoms in total. The lowest BCUT2D eigenvalue weighted by atomic mass is 10.1. The van der Waals surface area contributed by atoms with E-state index in [9.17, 15) is 38.0 Å². The van der Waals surface area contributed by atoms with Crippen molar-refractivity contribution < 1.29 is 37.5 Å². The summed E-state index contributed by atoms with van der Waals surface area (Å²) < 4.78 is 44.8. The molecule has 1 amide bonds. The molecule has 0 fully saturated rings. The van der Waals surface area contributed by atoms with Crippen molar-refractivity contribution in [1.82, 2.24) is 0 Å². The van der Waals surface area contributed by atoms with Crippen LogP contribution < -0.4 is 5.32 Å². The second-order valence-electron chi connectivity index (χ2n) is 6.70. The van der Waals surface area contributed by atoms with Gasteiger partial charge in [-0.1, -0.05) is 30.3 Å². The van der Waals surface area contributed by atoms with Gasteiger partial charge in [-0.15, -0.1) is 0 Å². The summed E-state index contributed by atoms with van der Waals surface area (Å²) in [7, 11) is 0. The first kappa shape index (κ1) is 22.5. The highest BCUT2D eigenvalue weighted by molar-refractivity contribution is 6.03. The predicted octanol–water partition coefficient (Wildman–Crippen LogP) is 4.66. The molecule has 3 aromatic rings. The molecule has 0 bridgehead atoms. The smallest absolute Gasteiger partial charge is 0.418 e. The van der Waals surface area contributed by atoms with Gasteiger partial charge in [-0.05, 0) is 24.4 Å². The number of carbonyl (C=O) groups is 2. The van der Waals surface area contributed by atoms with Gasteiger partial charge in [0.2, 0.25) is 0 Å². The number of phenolic OH excluding ortho intramolecular Hbond substituents is 1. The Morgan fingerprint density at radius 2 is 1.81 bits per heavy atom. The van der Waals surface area contributed by atoms with Crippen molar-refractivity contribution >= 4 is 34.0 Å². The zero-order valence-electron chi connectivity index (χ0n) is 16.3. The number of rotatable bonds is 5. The Balaban J connectivity index is 1.79. The quantitative estimate of drug-likeness (QED) is 0.333. The second-order valence-corrected chi connectivity index (χ2v) is 6.70. The Morgan fingerprint density at radius 1 is 1.12 bits per heavy atom. The number of aromatic hydroxyl groups is 1. The molecule has 0 aliphatic carbocycles. The normalized spacial score (nSPS) is 12.2. The van der Waals surface area contributed by atoms with Crippen molar-refractivity contribution in [2.45, 2.75) is 19.2 Å². The Labute approximate surface area is 178 Å². The van der Waals surface area contributed by atoms with Crippen LogP contribution in [-0.2, 0) is 15.7 Å². The number of hydrogen-bond donors (Lipinski definition) is 2. The van der Waals surface area contributed by atoms with Crippen LogP contribution in [0.15, 0.2) is 54.6 Å². The topological polar surface area (TPSA) is 119 Å². The largest absolute Gasteiger partial charge is 0.506 e. The van der Waals surface area contributed by atoms with Crippen LogP contribution >= 0.6 is 0 Å². The monoisotopic (exact) mass is 448 g/mol. The number of nitrogens with zero attached hydrogens (tertiary/aromatic N) is 1. The molecule has 0 aliphatic rings. The summed E-state index contributed by atoms with van der Waals surface area (Å²) >= 11 is 0. The van der Waals surface area contributed by atoms with Gasteiger partial charge in [0, 0.05) is 17.5 Å². The molecule has 166 valence electrons. The number of nitro benzene ring substituents is 1. The first-order chi connectivity index (χ1) is 15.0. The number of ether oxygens (including phenoxy) is 1. The van der Waals surface area contributed by atoms with Gasteiger partial charge >= 0.3 is 12.1 Å². The van der Waals surface area contributed by atoms with E-state index in [1.807, 2.05) is 5.32 Å². The average molecular weight is 448 g/mol. The van der Waals surface area contributed by atoms with Gasteiger partial charge < -0.3 is 15.2 Å². The Hall–Kier alpha value is -4.15. The van der Waals surface area contributed by atoms with Gasteiger partial charge in [-0.2, -0.15) is 13.2 Å². The molecule has 32 heavy (non-hydrogen) atoms. The van der Waals surface area contributed by atoms with Gasteiger partial charge in [-0.3, -0.25) is 14.9 Å². The molecule has 0 heterocycles. The van der Waals surface area contributed by atoms with Gasteiger partial charge in [-0.25, -0.2) is 4.79 Å². The van der Waals surface area contributed by atoms with E-state index in [-0.39, 0.29) is 11.3 Å². The fourth-order valence-electron chi connectivity index (χ4n) is 2.92. The number of nitro groups is 1. The molecule has 0 aromatic heterocycles. The van der Waals surface area contributed by atoms with E-state index in [2.05, 4.69) is 0 Å². The minimum absolute atomic E-state index is 0.227. The second kappa shape index (κ2) is 8.53. The number of fused-ring (bicyclic) bond motifs is 1. The summed E-state index contributed by atoms with van der Waals surface area (Å²) in [4.78, 5) is 34.5. The fourth-order valence-corrected chi connectivity index (χ4v) is 2.92. The molecule has 2 N–H and O–H groups in total. The maximum Gasteiger partial charge on any atom is 0.418 e. The molecule has 0 spiro atoms. The molecule has 0 aliphatic heterocycles. The highest BCUT2D eigenvalue weighted by atomic mass is 19.4. The average Bonchev–Trinajstić information content (AvgIpc) is 2.73. The lowest BCUT2D eigenvalue weighted by Gasteiger charge is -2.17. The highest BCUT2D eigenvalue weighted by Gasteiger charge is 2.36. The molecule has 1 unspecified atom stereocenters. The summed E-state index contributed by atoms with van der Waals surface area (Å²) in [5, 5.41) is 24.1. The van der Waals surface area contributed by atoms with Gasteiger partial charge in [0.05, 0.1) is 16.2 Å². The number of alkyl halides is 3. The molecule has 0 saturated heterocycles. The zero-order valence-corrected chi connectivity index (χ0v) is 16.3. The van der Waals surface area contributed by atoms with Gasteiger partial charge in [0.15, 0.2) is 6.10 Å². The van der Waals surface area contributed by atoms with Gasteiger partial charge in [0.1, 0.15) is 11.3 Å². The summed E-state index contributed by atoms with van der Waals surface area (Å²) in [6.45, 7) is 1.13. The van der Waals surface area contributed by atoms with E-state index in [1.165, 1.54) is 6.07 Å². The minimum atomic E-state index is -4.98. The van der Waals surface area contributed by atoms with E-state index in [0.717, 1.165) is 19.1 Å². The molecule has 0 saturated carbocycles. The predicted molar refractivity (Wildman–Crippen MR) is 107 cm³/mol. The Bertz CT molecular complexity index is 1230. The van der Waals surface area contributed by atoms with Gasteiger partial charge in [0.25, 0.3) is 11.6 Å². The summed E-state index contributed by atoms with van der Waals surface area (Å²) in [6, 6.07) is 11.4. The molecular formula is C21H15F3N2O6. The SMILES string of the molecule is CC(OC(=O)c1ccc2ccccc2c1O)C(=O)Nc1ccc([N+](=O)[O-])cc1C(F)(F)F. The lowest BCUT2D eigenvalue weighted by Crippen LogP contribution is -2.30. The number of amides is 1. The third kappa shape index (κ3) is 4.61. The van der Waals surface area contributed by atoms with E-state index in [4.69, 9.17) is 4.74 Å². The van der Waals surface area contributed by atoms with Crippen LogP contribution in [0.25, 0.3) is 10.8 Å². The standard InChI is InChI=1S/C21H15F3N2O6/c1-11(32-20(29)15-8-6-12-4-2-3-5-14(12)18(15)27)19(28)25-17-9-7-13(26(30)31)10-16(17)21(22,23)24/h2-11,27H,1H3,(H,25,28). The van der Waals surface area contributed by atoms with Crippen molar-refractivity contribution in [3.63, 3.8) is 0 Å². The summed E-state index contributed by atoms with van der Waals surface area (Å²) in [5.74, 6) is -2.52. The lowest BCUT2D eigenvalue weighted by molar-refractivity contribution is -0.385. The van der Waals surface area contributed by atoms with Crippen LogP contribution in [0.5, 0.6) is 5.75 Å². The fraction of sp³-hybridized carbons (Fsp3) is 0.143. The van der Waals surface area contributed by atoms with E-state index in [0.29, 0.717) is 16.8 Å². The van der Waals surface area contributed by atoms with E-state index >= 15 is 0 Å². The summed E-state index contributed by atoms with van der Waals surface area (Å²) in [5.41, 5.74) is -3.19. The zero-order chi connectivity index (χ0) is 23.6. The number of carbonyl (C=O) groups excluding carboxylic acids is 2. The van der Waals surface area contributed by atoms with Crippen LogP contribution in [0.4, 0.5) is 24.5 Å². The number of benzene rings is 3. The van der Waals surface area contributed by atoms with Crippen molar-refractivity contribution in [2.24, 2.45) is 0 Å². The van der Waals surface area contributed by atoms with E-state index < -0.39 is 46.0 Å². The maximum absolute atomic E-state index is 13.3. The third-order valence-corrected chi connectivity index (χ3v) is 4.55. The molecule has 3 aromatic carbocycles. The molecular weight excluding hydrogens is 433 g/mol. The number of nitrogens with one attached hydrogen (secondary N) is 1. The third-order valence-electron chi connectivity index (χ3n) is 4.55. The first-order valence-corrected chi connectivity index (χ1v) is 9.07. The molecule has 0 radical (unpaired) electrons. The van der Waals surface area contributed by atoms with Crippen LogP contribution in [0.1, 0.15) is 22.8 Å². The van der Waals surface area contributed by atoms with Crippen LogP contribution in [0, 0.1) is 10.1 Å². The first-order valence-electron chi connectivity index (χ1n) is 9.07. The summed E-state index contributed by atoms with van der Waals surface area (Å²) in [6.07, 6.45) is -6.52.